The van der Waals surface area contributed by atoms with Gasteiger partial charge in [-0.15, -0.1) is 0 Å². The molecule has 5 nitrogen and oxygen atoms in total. The van der Waals surface area contributed by atoms with Crippen LogP contribution in [0.2, 0.25) is 10.0 Å². The molecular weight excluding hydrogens is 517 g/mol. The van der Waals surface area contributed by atoms with Gasteiger partial charge in [0.15, 0.2) is 0 Å². The van der Waals surface area contributed by atoms with E-state index in [1.807, 2.05) is 60.7 Å². The fourth-order valence-corrected chi connectivity index (χ4v) is 6.61. The van der Waals surface area contributed by atoms with Crippen LogP contribution in [0, 0.1) is 5.92 Å². The van der Waals surface area contributed by atoms with Crippen molar-refractivity contribution in [2.24, 2.45) is 5.92 Å². The second kappa shape index (κ2) is 12.3. The van der Waals surface area contributed by atoms with Gasteiger partial charge in [0, 0.05) is 34.7 Å². The number of benzene rings is 3. The molecule has 2 atom stereocenters. The third kappa shape index (κ3) is 5.90. The second-order valence-corrected chi connectivity index (χ2v) is 11.1. The standard InChI is InChI=1S/C22H22Cl2N2O.C9H11NO/c23-16-5-6-18(19(24)12-16)20-11-15-3-1-2-4-17(15)22(27)26(20)21-13-25-9-7-14(21)8-10-25;11-8-10-7-6-9-4-2-1-3-5-9/h1-6,12,14,20-21H,7-11,13H2;1-5,8H,6-7H2,(H,10,11)/t20?,21-;/m0./s1. The van der Waals surface area contributed by atoms with Crippen LogP contribution < -0.4 is 5.32 Å². The van der Waals surface area contributed by atoms with Crippen LogP contribution in [0.5, 0.6) is 0 Å². The summed E-state index contributed by atoms with van der Waals surface area (Å²) in [5, 5.41) is 3.89. The smallest absolute Gasteiger partial charge is 0.254 e. The Bertz CT molecular complexity index is 1260. The number of fused-ring (bicyclic) bond motifs is 4. The molecule has 3 aromatic carbocycles. The van der Waals surface area contributed by atoms with Crippen LogP contribution in [0.25, 0.3) is 0 Å². The van der Waals surface area contributed by atoms with Crippen LogP contribution in [0.1, 0.15) is 45.9 Å². The van der Waals surface area contributed by atoms with Crippen molar-refractivity contribution in [3.8, 4) is 0 Å². The number of amides is 2. The molecule has 38 heavy (non-hydrogen) atoms. The maximum Gasteiger partial charge on any atom is 0.254 e. The van der Waals surface area contributed by atoms with Crippen LogP contribution in [-0.2, 0) is 17.6 Å². The Labute approximate surface area is 234 Å². The Morgan fingerprint density at radius 3 is 2.37 bits per heavy atom. The lowest BCUT2D eigenvalue weighted by Gasteiger charge is -2.52. The van der Waals surface area contributed by atoms with E-state index >= 15 is 0 Å². The average molecular weight is 551 g/mol. The van der Waals surface area contributed by atoms with Gasteiger partial charge in [0.1, 0.15) is 0 Å². The summed E-state index contributed by atoms with van der Waals surface area (Å²) in [5.74, 6) is 0.726. The second-order valence-electron chi connectivity index (χ2n) is 10.3. The van der Waals surface area contributed by atoms with Gasteiger partial charge in [0.25, 0.3) is 5.91 Å². The van der Waals surface area contributed by atoms with Gasteiger partial charge >= 0.3 is 0 Å². The molecule has 4 aliphatic rings. The van der Waals surface area contributed by atoms with E-state index in [1.54, 1.807) is 6.07 Å². The molecule has 3 fully saturated rings. The van der Waals surface area contributed by atoms with E-state index in [0.29, 0.717) is 22.5 Å². The molecule has 0 radical (unpaired) electrons. The van der Waals surface area contributed by atoms with Crippen molar-refractivity contribution in [3.63, 3.8) is 0 Å². The molecule has 0 spiro atoms. The van der Waals surface area contributed by atoms with Gasteiger partial charge < -0.3 is 15.1 Å². The van der Waals surface area contributed by atoms with Gasteiger partial charge in [0.2, 0.25) is 6.41 Å². The summed E-state index contributed by atoms with van der Waals surface area (Å²) < 4.78 is 0. The Morgan fingerprint density at radius 2 is 1.68 bits per heavy atom. The highest BCUT2D eigenvalue weighted by Crippen LogP contribution is 2.42. The summed E-state index contributed by atoms with van der Waals surface area (Å²) in [4.78, 5) is 28.1. The first-order valence-electron chi connectivity index (χ1n) is 13.3. The van der Waals surface area contributed by atoms with Crippen molar-refractivity contribution < 1.29 is 9.59 Å². The van der Waals surface area contributed by atoms with E-state index < -0.39 is 0 Å². The molecule has 3 saturated heterocycles. The maximum atomic E-state index is 13.6. The summed E-state index contributed by atoms with van der Waals surface area (Å²) in [5.41, 5.74) is 4.20. The largest absolute Gasteiger partial charge is 0.358 e. The number of nitrogens with one attached hydrogen (secondary N) is 1. The first-order chi connectivity index (χ1) is 18.5. The Balaban J connectivity index is 0.000000226. The van der Waals surface area contributed by atoms with Gasteiger partial charge in [-0.2, -0.15) is 0 Å². The minimum Gasteiger partial charge on any atom is -0.358 e. The summed E-state index contributed by atoms with van der Waals surface area (Å²) in [7, 11) is 0. The zero-order chi connectivity index (χ0) is 26.5. The van der Waals surface area contributed by atoms with Crippen molar-refractivity contribution in [1.82, 2.24) is 15.1 Å². The molecule has 0 saturated carbocycles. The Kier molecular flexibility index (Phi) is 8.68. The summed E-state index contributed by atoms with van der Waals surface area (Å²) in [6, 6.07) is 23.9. The van der Waals surface area contributed by atoms with Gasteiger partial charge in [0.05, 0.1) is 6.04 Å². The van der Waals surface area contributed by atoms with E-state index in [2.05, 4.69) is 21.2 Å². The third-order valence-electron chi connectivity index (χ3n) is 8.02. The minimum absolute atomic E-state index is 0.0392. The lowest BCUT2D eigenvalue weighted by molar-refractivity contribution is -0.109. The van der Waals surface area contributed by atoms with Gasteiger partial charge in [-0.25, -0.2) is 0 Å². The van der Waals surface area contributed by atoms with Gasteiger partial charge in [-0.3, -0.25) is 9.59 Å². The highest BCUT2D eigenvalue weighted by Gasteiger charge is 2.45. The fourth-order valence-electron chi connectivity index (χ4n) is 6.08. The van der Waals surface area contributed by atoms with Crippen LogP contribution in [0.15, 0.2) is 72.8 Å². The Morgan fingerprint density at radius 1 is 0.947 bits per heavy atom. The summed E-state index contributed by atoms with van der Waals surface area (Å²) in [6.07, 6.45) is 4.78. The Hall–Kier alpha value is -2.86. The number of piperidine rings is 3. The summed E-state index contributed by atoms with van der Waals surface area (Å²) >= 11 is 12.7. The SMILES string of the molecule is O=C1c2ccccc2CC(c2ccc(Cl)cc2Cl)N1[C@H]1CN2CCC1CC2.O=CNCCc1ccccc1. The van der Waals surface area contributed by atoms with Crippen LogP contribution in [-0.4, -0.2) is 54.3 Å². The predicted octanol–water partition coefficient (Wildman–Crippen LogP) is 5.80. The molecule has 7 heteroatoms. The summed E-state index contributed by atoms with van der Waals surface area (Å²) in [6.45, 7) is 4.01. The monoisotopic (exact) mass is 549 g/mol. The highest BCUT2D eigenvalue weighted by atomic mass is 35.5. The highest BCUT2D eigenvalue weighted by molar-refractivity contribution is 6.35. The van der Waals surface area contributed by atoms with E-state index in [-0.39, 0.29) is 18.0 Å². The molecule has 0 aliphatic carbocycles. The molecule has 4 heterocycles. The van der Waals surface area contributed by atoms with E-state index in [4.69, 9.17) is 23.2 Å². The first-order valence-corrected chi connectivity index (χ1v) is 14.1. The predicted molar refractivity (Wildman–Crippen MR) is 153 cm³/mol. The van der Waals surface area contributed by atoms with E-state index in [1.165, 1.54) is 18.4 Å². The lowest BCUT2D eigenvalue weighted by atomic mass is 9.79. The zero-order valence-corrected chi connectivity index (χ0v) is 22.9. The van der Waals surface area contributed by atoms with Crippen molar-refractivity contribution >= 4 is 35.5 Å². The molecule has 1 unspecified atom stereocenters. The zero-order valence-electron chi connectivity index (χ0n) is 21.4. The molecule has 7 rings (SSSR count). The van der Waals surface area contributed by atoms with Crippen molar-refractivity contribution in [2.75, 3.05) is 26.2 Å². The number of hydrogen-bond donors (Lipinski definition) is 1. The molecule has 1 N–H and O–H groups in total. The van der Waals surface area contributed by atoms with Crippen molar-refractivity contribution in [3.05, 3.63) is 105 Å². The number of nitrogens with zero attached hydrogens (tertiary/aromatic N) is 2. The molecule has 2 amide bonds. The molecule has 198 valence electrons. The van der Waals surface area contributed by atoms with E-state index in [9.17, 15) is 9.59 Å². The molecule has 2 bridgehead atoms. The number of rotatable bonds is 6. The molecule has 4 aliphatic heterocycles. The lowest BCUT2D eigenvalue weighted by Crippen LogP contribution is -2.60. The average Bonchev–Trinajstić information content (AvgIpc) is 2.95. The molecule has 3 aromatic rings. The number of carbonyl (C=O) groups excluding carboxylic acids is 2. The quantitative estimate of drug-likeness (QED) is 0.312. The topological polar surface area (TPSA) is 52.7 Å². The van der Waals surface area contributed by atoms with E-state index in [0.717, 1.165) is 55.6 Å². The maximum absolute atomic E-state index is 13.6. The van der Waals surface area contributed by atoms with Crippen LogP contribution in [0.3, 0.4) is 0 Å². The van der Waals surface area contributed by atoms with Crippen molar-refractivity contribution in [2.45, 2.75) is 37.8 Å². The normalized spacial score (nSPS) is 23.7. The van der Waals surface area contributed by atoms with Crippen LogP contribution in [0.4, 0.5) is 0 Å². The first kappa shape index (κ1) is 26.7. The molecular formula is C31H33Cl2N3O2. The number of hydrogen-bond acceptors (Lipinski definition) is 3. The fraction of sp³-hybridized carbons (Fsp3) is 0.355. The van der Waals surface area contributed by atoms with Crippen molar-refractivity contribution in [1.29, 1.82) is 0 Å². The third-order valence-corrected chi connectivity index (χ3v) is 8.58. The molecule has 0 aromatic heterocycles. The van der Waals surface area contributed by atoms with Gasteiger partial charge in [-0.05, 0) is 79.6 Å². The van der Waals surface area contributed by atoms with Crippen LogP contribution >= 0.6 is 23.2 Å². The minimum atomic E-state index is -0.0392. The van der Waals surface area contributed by atoms with Gasteiger partial charge in [-0.1, -0.05) is 77.8 Å². The number of halogens is 2. The number of carbonyl (C=O) groups is 2.